The quantitative estimate of drug-likeness (QED) is 0.805. The minimum Gasteiger partial charge on any atom is -0.389 e. The number of hydrogen-bond acceptors (Lipinski definition) is 4. The summed E-state index contributed by atoms with van der Waals surface area (Å²) in [5, 5.41) is 10.8. The van der Waals surface area contributed by atoms with Gasteiger partial charge in [-0.15, -0.1) is 0 Å². The van der Waals surface area contributed by atoms with E-state index in [0.717, 1.165) is 41.1 Å². The lowest BCUT2D eigenvalue weighted by atomic mass is 10.4. The molecule has 2 aromatic heterocycles. The third-order valence-corrected chi connectivity index (χ3v) is 3.00. The van der Waals surface area contributed by atoms with Crippen LogP contribution in [0.2, 0.25) is 0 Å². The number of nitrogens with one attached hydrogen (secondary N) is 2. The van der Waals surface area contributed by atoms with Gasteiger partial charge in [0, 0.05) is 25.0 Å². The summed E-state index contributed by atoms with van der Waals surface area (Å²) in [5.74, 6) is 0.945. The van der Waals surface area contributed by atoms with Crippen molar-refractivity contribution in [2.24, 2.45) is 0 Å². The molecule has 2 rings (SSSR count). The van der Waals surface area contributed by atoms with Crippen molar-refractivity contribution in [3.63, 3.8) is 0 Å². The lowest BCUT2D eigenvalue weighted by molar-refractivity contribution is 0.745. The second kappa shape index (κ2) is 5.86. The van der Waals surface area contributed by atoms with E-state index in [9.17, 15) is 0 Å². The molecule has 96 valence electrons. The lowest BCUT2D eigenvalue weighted by Gasteiger charge is -2.09. The summed E-state index contributed by atoms with van der Waals surface area (Å²) < 4.78 is 2.69. The molecule has 0 spiro atoms. The summed E-state index contributed by atoms with van der Waals surface area (Å²) in [6, 6.07) is 1.92. The maximum Gasteiger partial charge on any atom is 0.171 e. The molecule has 0 atom stereocenters. The molecule has 0 unspecified atom stereocenters. The summed E-state index contributed by atoms with van der Waals surface area (Å²) in [6.07, 6.45) is 4.53. The van der Waals surface area contributed by atoms with Crippen LogP contribution in [0, 0.1) is 0 Å². The normalized spacial score (nSPS) is 10.6. The first-order valence-corrected chi connectivity index (χ1v) is 6.59. The van der Waals surface area contributed by atoms with E-state index in [1.165, 1.54) is 0 Å². The highest BCUT2D eigenvalue weighted by Gasteiger charge is 2.05. The van der Waals surface area contributed by atoms with Crippen LogP contribution in [-0.4, -0.2) is 27.7 Å². The molecule has 5 nitrogen and oxygen atoms in total. The minimum atomic E-state index is 0.820. The van der Waals surface area contributed by atoms with E-state index in [0.29, 0.717) is 0 Å². The van der Waals surface area contributed by atoms with Crippen molar-refractivity contribution >= 4 is 27.4 Å². The van der Waals surface area contributed by atoms with E-state index >= 15 is 0 Å². The van der Waals surface area contributed by atoms with E-state index < -0.39 is 0 Å². The summed E-state index contributed by atoms with van der Waals surface area (Å²) in [4.78, 5) is 4.26. The Labute approximate surface area is 114 Å². The summed E-state index contributed by atoms with van der Waals surface area (Å²) >= 11 is 3.42. The van der Waals surface area contributed by atoms with Gasteiger partial charge < -0.3 is 10.6 Å². The van der Waals surface area contributed by atoms with Crippen LogP contribution in [0.15, 0.2) is 35.2 Å². The van der Waals surface area contributed by atoms with Crippen molar-refractivity contribution in [2.75, 3.05) is 18.4 Å². The van der Waals surface area contributed by atoms with E-state index in [2.05, 4.69) is 43.2 Å². The van der Waals surface area contributed by atoms with Crippen LogP contribution in [0.5, 0.6) is 0 Å². The Morgan fingerprint density at radius 2 is 2.33 bits per heavy atom. The monoisotopic (exact) mass is 309 g/mol. The number of anilines is 1. The fourth-order valence-electron chi connectivity index (χ4n) is 1.60. The predicted octanol–water partition coefficient (Wildman–Crippen LogP) is 2.42. The van der Waals surface area contributed by atoms with Crippen LogP contribution in [0.3, 0.4) is 0 Å². The number of halogens is 1. The highest BCUT2D eigenvalue weighted by atomic mass is 79.9. The van der Waals surface area contributed by atoms with Crippen molar-refractivity contribution in [2.45, 2.75) is 13.3 Å². The van der Waals surface area contributed by atoms with E-state index in [-0.39, 0.29) is 0 Å². The van der Waals surface area contributed by atoms with Gasteiger partial charge in [-0.25, -0.2) is 4.98 Å². The molecule has 0 amide bonds. The smallest absolute Gasteiger partial charge is 0.171 e. The third-order valence-electron chi connectivity index (χ3n) is 2.44. The fourth-order valence-corrected chi connectivity index (χ4v) is 1.97. The lowest BCUT2D eigenvalue weighted by Crippen LogP contribution is -2.16. The molecule has 0 aliphatic heterocycles. The molecule has 0 saturated heterocycles. The Morgan fingerprint density at radius 3 is 3.11 bits per heavy atom. The van der Waals surface area contributed by atoms with Gasteiger partial charge in [0.25, 0.3) is 0 Å². The van der Waals surface area contributed by atoms with Gasteiger partial charge in [-0.2, -0.15) is 9.61 Å². The van der Waals surface area contributed by atoms with Gasteiger partial charge in [-0.3, -0.25) is 0 Å². The molecule has 2 N–H and O–H groups in total. The van der Waals surface area contributed by atoms with E-state index in [1.54, 1.807) is 16.9 Å². The van der Waals surface area contributed by atoms with Crippen molar-refractivity contribution in [1.82, 2.24) is 19.9 Å². The molecule has 0 fully saturated rings. The van der Waals surface area contributed by atoms with Crippen LogP contribution in [-0.2, 0) is 0 Å². The van der Waals surface area contributed by atoms with Gasteiger partial charge in [0.05, 0.1) is 10.7 Å². The maximum atomic E-state index is 4.26. The van der Waals surface area contributed by atoms with Crippen LogP contribution >= 0.6 is 15.9 Å². The molecule has 0 bridgehead atoms. The molecule has 0 saturated carbocycles. The first-order chi connectivity index (χ1) is 8.68. The molecule has 0 aromatic carbocycles. The average molecular weight is 310 g/mol. The Morgan fingerprint density at radius 1 is 1.50 bits per heavy atom. The van der Waals surface area contributed by atoms with E-state index in [4.69, 9.17) is 0 Å². The summed E-state index contributed by atoms with van der Waals surface area (Å²) in [5.41, 5.74) is 1.82. The average Bonchev–Trinajstić information content (AvgIpc) is 2.71. The number of allylic oxidation sites excluding steroid dienone is 1. The van der Waals surface area contributed by atoms with Crippen LogP contribution in [0.25, 0.3) is 5.65 Å². The molecule has 6 heteroatoms. The number of nitrogens with zero attached hydrogens (tertiary/aromatic N) is 3. The minimum absolute atomic E-state index is 0.820. The fraction of sp³-hybridized carbons (Fsp3) is 0.333. The summed E-state index contributed by atoms with van der Waals surface area (Å²) in [7, 11) is 0. The molecular formula is C12H16BrN5. The standard InChI is InChI=1S/C12H16BrN5/c1-9(2)14-5-3-6-15-11-4-7-16-12-10(13)8-17-18(11)12/h4,7-8,14-15H,1,3,5-6H2,2H3. The van der Waals surface area contributed by atoms with E-state index in [1.807, 2.05) is 13.0 Å². The number of aromatic nitrogens is 3. The zero-order valence-electron chi connectivity index (χ0n) is 10.3. The van der Waals surface area contributed by atoms with Crippen LogP contribution < -0.4 is 10.6 Å². The zero-order chi connectivity index (χ0) is 13.0. The predicted molar refractivity (Wildman–Crippen MR) is 76.6 cm³/mol. The Bertz CT molecular complexity index is 548. The van der Waals surface area contributed by atoms with Gasteiger partial charge >= 0.3 is 0 Å². The maximum absolute atomic E-state index is 4.26. The second-order valence-electron chi connectivity index (χ2n) is 4.05. The molecule has 0 aliphatic carbocycles. The molecule has 0 aliphatic rings. The molecule has 18 heavy (non-hydrogen) atoms. The number of hydrogen-bond donors (Lipinski definition) is 2. The van der Waals surface area contributed by atoms with Crippen molar-refractivity contribution in [3.8, 4) is 0 Å². The van der Waals surface area contributed by atoms with Crippen molar-refractivity contribution < 1.29 is 0 Å². The van der Waals surface area contributed by atoms with Gasteiger partial charge in [-0.1, -0.05) is 6.58 Å². The Hall–Kier alpha value is -1.56. The van der Waals surface area contributed by atoms with Gasteiger partial charge in [0.1, 0.15) is 5.82 Å². The largest absolute Gasteiger partial charge is 0.389 e. The highest BCUT2D eigenvalue weighted by Crippen LogP contribution is 2.18. The first kappa shape index (κ1) is 12.9. The van der Waals surface area contributed by atoms with Gasteiger partial charge in [0.2, 0.25) is 0 Å². The third kappa shape index (κ3) is 3.01. The van der Waals surface area contributed by atoms with Gasteiger partial charge in [0.15, 0.2) is 5.65 Å². The summed E-state index contributed by atoms with van der Waals surface area (Å²) in [6.45, 7) is 7.54. The number of fused-ring (bicyclic) bond motifs is 1. The first-order valence-electron chi connectivity index (χ1n) is 5.80. The van der Waals surface area contributed by atoms with Crippen molar-refractivity contribution in [1.29, 1.82) is 0 Å². The number of rotatable bonds is 6. The van der Waals surface area contributed by atoms with Crippen LogP contribution in [0.4, 0.5) is 5.82 Å². The molecule has 0 radical (unpaired) electrons. The van der Waals surface area contributed by atoms with Crippen molar-refractivity contribution in [3.05, 3.63) is 35.2 Å². The van der Waals surface area contributed by atoms with Crippen LogP contribution in [0.1, 0.15) is 13.3 Å². The molecule has 2 heterocycles. The Kier molecular flexibility index (Phi) is 4.19. The second-order valence-corrected chi connectivity index (χ2v) is 4.90. The zero-order valence-corrected chi connectivity index (χ0v) is 11.9. The molecule has 2 aromatic rings. The topological polar surface area (TPSA) is 54.2 Å². The SMILES string of the molecule is C=C(C)NCCCNc1ccnc2c(Br)cnn12. The highest BCUT2D eigenvalue weighted by molar-refractivity contribution is 9.10. The van der Waals surface area contributed by atoms with Gasteiger partial charge in [-0.05, 0) is 35.3 Å². The Balaban J connectivity index is 1.93. The molecular weight excluding hydrogens is 294 g/mol.